The molecule has 92 valence electrons. The smallest absolute Gasteiger partial charge is 0.141 e. The van der Waals surface area contributed by atoms with Crippen molar-refractivity contribution in [2.75, 3.05) is 14.2 Å². The summed E-state index contributed by atoms with van der Waals surface area (Å²) in [6.45, 7) is 0. The predicted molar refractivity (Wildman–Crippen MR) is 72.2 cm³/mol. The summed E-state index contributed by atoms with van der Waals surface area (Å²) in [7, 11) is 3.28. The molecule has 0 aliphatic carbocycles. The molecule has 0 fully saturated rings. The first kappa shape index (κ1) is 12.5. The van der Waals surface area contributed by atoms with E-state index in [1.807, 2.05) is 29.6 Å². The molecule has 0 aliphatic heterocycles. The Kier molecular flexibility index (Phi) is 3.85. The number of nitrogens with zero attached hydrogens (tertiary/aromatic N) is 1. The molecule has 18 heavy (non-hydrogen) atoms. The van der Waals surface area contributed by atoms with Gasteiger partial charge in [-0.2, -0.15) is 5.26 Å². The Hall–Kier alpha value is -1.99. The molecule has 4 heteroatoms. The highest BCUT2D eigenvalue weighted by Crippen LogP contribution is 2.39. The second-order valence-corrected chi connectivity index (χ2v) is 4.57. The molecule has 1 aromatic carbocycles. The molecule has 0 radical (unpaired) electrons. The van der Waals surface area contributed by atoms with Gasteiger partial charge < -0.3 is 9.47 Å². The molecule has 1 heterocycles. The normalized spacial score (nSPS) is 9.83. The third-order valence-corrected chi connectivity index (χ3v) is 3.70. The Bertz CT molecular complexity index is 566. The van der Waals surface area contributed by atoms with E-state index in [9.17, 15) is 0 Å². The average Bonchev–Trinajstić information content (AvgIpc) is 2.82. The Balaban J connectivity index is 2.40. The zero-order valence-electron chi connectivity index (χ0n) is 10.3. The summed E-state index contributed by atoms with van der Waals surface area (Å²) in [5, 5.41) is 10.7. The number of ether oxygens (including phenoxy) is 2. The lowest BCUT2D eigenvalue weighted by atomic mass is 10.1. The highest BCUT2D eigenvalue weighted by Gasteiger charge is 2.13. The van der Waals surface area contributed by atoms with Crippen molar-refractivity contribution < 1.29 is 9.47 Å². The molecule has 2 rings (SSSR count). The van der Waals surface area contributed by atoms with Gasteiger partial charge in [-0.15, -0.1) is 11.3 Å². The maximum atomic E-state index is 8.77. The number of thiophene rings is 1. The van der Waals surface area contributed by atoms with Gasteiger partial charge in [-0.25, -0.2) is 0 Å². The van der Waals surface area contributed by atoms with E-state index in [4.69, 9.17) is 14.7 Å². The Morgan fingerprint density at radius 3 is 2.44 bits per heavy atom. The SMILES string of the molecule is COc1ccc(-c2scc(CC#N)c2OC)cc1. The quantitative estimate of drug-likeness (QED) is 0.844. The zero-order chi connectivity index (χ0) is 13.0. The molecule has 0 atom stereocenters. The van der Waals surface area contributed by atoms with E-state index >= 15 is 0 Å². The van der Waals surface area contributed by atoms with Crippen molar-refractivity contribution in [3.63, 3.8) is 0 Å². The molecule has 0 amide bonds. The van der Waals surface area contributed by atoms with Gasteiger partial charge in [0.15, 0.2) is 0 Å². The number of hydrogen-bond acceptors (Lipinski definition) is 4. The van der Waals surface area contributed by atoms with Crippen LogP contribution in [-0.4, -0.2) is 14.2 Å². The van der Waals surface area contributed by atoms with Crippen LogP contribution in [0.2, 0.25) is 0 Å². The summed E-state index contributed by atoms with van der Waals surface area (Å²) in [5.74, 6) is 1.62. The van der Waals surface area contributed by atoms with Gasteiger partial charge in [-0.1, -0.05) is 0 Å². The maximum Gasteiger partial charge on any atom is 0.141 e. The van der Waals surface area contributed by atoms with Gasteiger partial charge in [0, 0.05) is 5.56 Å². The van der Waals surface area contributed by atoms with E-state index in [-0.39, 0.29) is 0 Å². The number of nitriles is 1. The molecular formula is C14H13NO2S. The van der Waals surface area contributed by atoms with E-state index < -0.39 is 0 Å². The second kappa shape index (κ2) is 5.56. The molecule has 0 N–H and O–H groups in total. The Morgan fingerprint density at radius 1 is 1.17 bits per heavy atom. The Labute approximate surface area is 110 Å². The highest BCUT2D eigenvalue weighted by atomic mass is 32.1. The van der Waals surface area contributed by atoms with E-state index in [0.717, 1.165) is 27.5 Å². The van der Waals surface area contributed by atoms with Gasteiger partial charge in [0.1, 0.15) is 11.5 Å². The Morgan fingerprint density at radius 2 is 1.89 bits per heavy atom. The van der Waals surface area contributed by atoms with Crippen LogP contribution >= 0.6 is 11.3 Å². The van der Waals surface area contributed by atoms with Crippen molar-refractivity contribution in [1.29, 1.82) is 5.26 Å². The van der Waals surface area contributed by atoms with Gasteiger partial charge in [-0.3, -0.25) is 0 Å². The monoisotopic (exact) mass is 259 g/mol. The van der Waals surface area contributed by atoms with Crippen LogP contribution in [-0.2, 0) is 6.42 Å². The average molecular weight is 259 g/mol. The van der Waals surface area contributed by atoms with Crippen LogP contribution in [0.3, 0.4) is 0 Å². The molecule has 0 aliphatic rings. The summed E-state index contributed by atoms with van der Waals surface area (Å²) in [6.07, 6.45) is 0.371. The van der Waals surface area contributed by atoms with Gasteiger partial charge in [0.25, 0.3) is 0 Å². The summed E-state index contributed by atoms with van der Waals surface area (Å²) in [5.41, 5.74) is 2.01. The molecule has 0 saturated carbocycles. The fourth-order valence-corrected chi connectivity index (χ4v) is 2.80. The van der Waals surface area contributed by atoms with E-state index in [1.165, 1.54) is 0 Å². The predicted octanol–water partition coefficient (Wildman–Crippen LogP) is 3.50. The summed E-state index contributed by atoms with van der Waals surface area (Å²) in [6, 6.07) is 9.96. The van der Waals surface area contributed by atoms with E-state index in [1.54, 1.807) is 25.6 Å². The van der Waals surface area contributed by atoms with Crippen molar-refractivity contribution >= 4 is 11.3 Å². The maximum absolute atomic E-state index is 8.77. The summed E-state index contributed by atoms with van der Waals surface area (Å²) < 4.78 is 10.5. The molecule has 1 aromatic heterocycles. The minimum Gasteiger partial charge on any atom is -0.497 e. The van der Waals surface area contributed by atoms with E-state index in [2.05, 4.69) is 6.07 Å². The lowest BCUT2D eigenvalue weighted by molar-refractivity contribution is 0.413. The molecule has 0 bridgehead atoms. The minimum absolute atomic E-state index is 0.371. The molecule has 0 unspecified atom stereocenters. The van der Waals surface area contributed by atoms with E-state index in [0.29, 0.717) is 6.42 Å². The second-order valence-electron chi connectivity index (χ2n) is 3.69. The van der Waals surface area contributed by atoms with Gasteiger partial charge >= 0.3 is 0 Å². The van der Waals surface area contributed by atoms with Crippen LogP contribution < -0.4 is 9.47 Å². The minimum atomic E-state index is 0.371. The lowest BCUT2D eigenvalue weighted by Gasteiger charge is -2.05. The van der Waals surface area contributed by atoms with Crippen LogP contribution in [0.25, 0.3) is 10.4 Å². The topological polar surface area (TPSA) is 42.2 Å². The highest BCUT2D eigenvalue weighted by molar-refractivity contribution is 7.14. The standard InChI is InChI=1S/C14H13NO2S/c1-16-12-5-3-10(4-6-12)14-13(17-2)11(7-8-15)9-18-14/h3-6,9H,7H2,1-2H3. The fraction of sp³-hybridized carbons (Fsp3) is 0.214. The van der Waals surface area contributed by atoms with Gasteiger partial charge in [0.05, 0.1) is 31.6 Å². The number of hydrogen-bond donors (Lipinski definition) is 0. The molecular weight excluding hydrogens is 246 g/mol. The van der Waals surface area contributed by atoms with Crippen LogP contribution in [0.5, 0.6) is 11.5 Å². The van der Waals surface area contributed by atoms with Crippen molar-refractivity contribution in [2.45, 2.75) is 6.42 Å². The molecule has 0 saturated heterocycles. The lowest BCUT2D eigenvalue weighted by Crippen LogP contribution is -1.88. The first-order valence-electron chi connectivity index (χ1n) is 5.46. The fourth-order valence-electron chi connectivity index (χ4n) is 1.76. The van der Waals surface area contributed by atoms with Crippen LogP contribution in [0.4, 0.5) is 0 Å². The van der Waals surface area contributed by atoms with Crippen molar-refractivity contribution in [2.24, 2.45) is 0 Å². The third kappa shape index (κ3) is 2.31. The molecule has 3 nitrogen and oxygen atoms in total. The van der Waals surface area contributed by atoms with Crippen molar-refractivity contribution in [1.82, 2.24) is 0 Å². The largest absolute Gasteiger partial charge is 0.497 e. The van der Waals surface area contributed by atoms with Gasteiger partial charge in [0.2, 0.25) is 0 Å². The molecule has 0 spiro atoms. The first-order valence-corrected chi connectivity index (χ1v) is 6.33. The van der Waals surface area contributed by atoms with Crippen LogP contribution in [0.1, 0.15) is 5.56 Å². The number of benzene rings is 1. The van der Waals surface area contributed by atoms with Gasteiger partial charge in [-0.05, 0) is 35.2 Å². The zero-order valence-corrected chi connectivity index (χ0v) is 11.1. The van der Waals surface area contributed by atoms with Crippen LogP contribution in [0, 0.1) is 11.3 Å². The third-order valence-electron chi connectivity index (χ3n) is 2.64. The number of methoxy groups -OCH3 is 2. The number of rotatable bonds is 4. The molecule has 2 aromatic rings. The van der Waals surface area contributed by atoms with Crippen molar-refractivity contribution in [3.05, 3.63) is 35.2 Å². The first-order chi connectivity index (χ1) is 8.80. The van der Waals surface area contributed by atoms with Crippen molar-refractivity contribution in [3.8, 4) is 28.0 Å². The summed E-state index contributed by atoms with van der Waals surface area (Å²) in [4.78, 5) is 1.05. The van der Waals surface area contributed by atoms with Crippen LogP contribution in [0.15, 0.2) is 29.6 Å². The summed E-state index contributed by atoms with van der Waals surface area (Å²) >= 11 is 1.59.